The first-order chi connectivity index (χ1) is 15.5. The maximum atomic E-state index is 13.1. The highest BCUT2D eigenvalue weighted by atomic mass is 16.4. The average Bonchev–Trinajstić information content (AvgIpc) is 3.17. The Morgan fingerprint density at radius 1 is 1.00 bits per heavy atom. The Hall–Kier alpha value is -3.44. The Morgan fingerprint density at radius 2 is 1.64 bits per heavy atom. The molecular weight excluding hydrogens is 430 g/mol. The van der Waals surface area contributed by atoms with Gasteiger partial charge in [-0.3, -0.25) is 14.4 Å². The third-order valence-corrected chi connectivity index (χ3v) is 5.23. The lowest BCUT2D eigenvalue weighted by molar-refractivity contribution is -0.145. The molecule has 0 spiro atoms. The van der Waals surface area contributed by atoms with Gasteiger partial charge in [-0.1, -0.05) is 32.0 Å². The zero-order chi connectivity index (χ0) is 24.7. The number of aromatic amines is 1. The molecular formula is C22H31N5O6. The van der Waals surface area contributed by atoms with Gasteiger partial charge in [-0.15, -0.1) is 0 Å². The summed E-state index contributed by atoms with van der Waals surface area (Å²) in [5.74, 6) is -3.74. The number of hydrogen-bond donors (Lipinski definition) is 7. The molecule has 33 heavy (non-hydrogen) atoms. The minimum absolute atomic E-state index is 0.138. The van der Waals surface area contributed by atoms with Gasteiger partial charge in [-0.25, -0.2) is 4.79 Å². The van der Waals surface area contributed by atoms with Crippen LogP contribution in [0.1, 0.15) is 26.3 Å². The first-order valence-corrected chi connectivity index (χ1v) is 10.6. The van der Waals surface area contributed by atoms with Crippen molar-refractivity contribution in [1.82, 2.24) is 20.9 Å². The van der Waals surface area contributed by atoms with Gasteiger partial charge >= 0.3 is 5.97 Å². The Labute approximate surface area is 191 Å². The zero-order valence-electron chi connectivity index (χ0n) is 18.8. The number of aliphatic hydroxyl groups excluding tert-OH is 1. The smallest absolute Gasteiger partial charge is 0.328 e. The van der Waals surface area contributed by atoms with Crippen molar-refractivity contribution in [3.05, 3.63) is 36.0 Å². The van der Waals surface area contributed by atoms with Crippen LogP contribution in [-0.4, -0.2) is 69.7 Å². The minimum Gasteiger partial charge on any atom is -0.480 e. The summed E-state index contributed by atoms with van der Waals surface area (Å²) in [5.41, 5.74) is 7.06. The molecule has 0 saturated heterocycles. The third-order valence-electron chi connectivity index (χ3n) is 5.23. The molecule has 0 aliphatic heterocycles. The SMILES string of the molecule is CC(C)C(NC(=O)C(Cc1c[nH]c2ccccc12)NC(=O)CN)C(=O)NC(C(=O)O)C(C)O. The van der Waals surface area contributed by atoms with Gasteiger partial charge in [0.25, 0.3) is 0 Å². The second-order valence-corrected chi connectivity index (χ2v) is 8.18. The van der Waals surface area contributed by atoms with E-state index in [0.717, 1.165) is 16.5 Å². The number of nitrogens with two attached hydrogens (primary N) is 1. The number of fused-ring (bicyclic) bond motifs is 1. The molecule has 0 bridgehead atoms. The fourth-order valence-corrected chi connectivity index (χ4v) is 3.40. The van der Waals surface area contributed by atoms with Crippen LogP contribution in [-0.2, 0) is 25.6 Å². The second-order valence-electron chi connectivity index (χ2n) is 8.18. The van der Waals surface area contributed by atoms with E-state index in [2.05, 4.69) is 20.9 Å². The van der Waals surface area contributed by atoms with Gasteiger partial charge < -0.3 is 36.9 Å². The summed E-state index contributed by atoms with van der Waals surface area (Å²) >= 11 is 0. The number of carbonyl (C=O) groups is 4. The number of carbonyl (C=O) groups excluding carboxylic acids is 3. The Bertz CT molecular complexity index is 1000. The lowest BCUT2D eigenvalue weighted by Gasteiger charge is -2.27. The maximum Gasteiger partial charge on any atom is 0.328 e. The van der Waals surface area contributed by atoms with Crippen LogP contribution in [0.5, 0.6) is 0 Å². The molecule has 1 aromatic heterocycles. The van der Waals surface area contributed by atoms with Crippen LogP contribution in [0.4, 0.5) is 0 Å². The molecule has 11 nitrogen and oxygen atoms in total. The van der Waals surface area contributed by atoms with Crippen LogP contribution in [0.3, 0.4) is 0 Å². The molecule has 0 aliphatic rings. The highest BCUT2D eigenvalue weighted by Crippen LogP contribution is 2.19. The molecule has 0 saturated carbocycles. The van der Waals surface area contributed by atoms with Crippen molar-refractivity contribution in [2.45, 2.75) is 51.4 Å². The molecule has 1 aromatic carbocycles. The largest absolute Gasteiger partial charge is 0.480 e. The molecule has 4 unspecified atom stereocenters. The number of nitrogens with one attached hydrogen (secondary N) is 4. The standard InChI is InChI=1S/C22H31N5O6/c1-11(2)18(21(31)27-19(12(3)28)22(32)33)26-20(30)16(25-17(29)9-23)8-13-10-24-15-7-5-4-6-14(13)15/h4-7,10-12,16,18-19,24,28H,8-9,23H2,1-3H3,(H,25,29)(H,26,30)(H,27,31)(H,32,33). The normalized spacial score (nSPS) is 14.8. The van der Waals surface area contributed by atoms with Crippen molar-refractivity contribution < 1.29 is 29.4 Å². The lowest BCUT2D eigenvalue weighted by atomic mass is 10.00. The second kappa shape index (κ2) is 11.4. The number of carboxylic acid groups (broad SMARTS) is 1. The van der Waals surface area contributed by atoms with Gasteiger partial charge in [0, 0.05) is 23.5 Å². The molecule has 0 fully saturated rings. The Balaban J connectivity index is 2.23. The molecule has 0 radical (unpaired) electrons. The van der Waals surface area contributed by atoms with E-state index in [-0.39, 0.29) is 13.0 Å². The van der Waals surface area contributed by atoms with Gasteiger partial charge in [-0.05, 0) is 24.5 Å². The molecule has 4 atom stereocenters. The molecule has 11 heteroatoms. The van der Waals surface area contributed by atoms with Crippen molar-refractivity contribution >= 4 is 34.6 Å². The van der Waals surface area contributed by atoms with Crippen molar-refractivity contribution in [3.63, 3.8) is 0 Å². The van der Waals surface area contributed by atoms with E-state index >= 15 is 0 Å². The van der Waals surface area contributed by atoms with Crippen LogP contribution in [0.25, 0.3) is 10.9 Å². The Kier molecular flexibility index (Phi) is 8.94. The maximum absolute atomic E-state index is 13.1. The fourth-order valence-electron chi connectivity index (χ4n) is 3.40. The first-order valence-electron chi connectivity index (χ1n) is 10.6. The van der Waals surface area contributed by atoms with E-state index in [4.69, 9.17) is 5.73 Å². The number of H-pyrrole nitrogens is 1. The molecule has 1 heterocycles. The predicted octanol–water partition coefficient (Wildman–Crippen LogP) is -0.755. The first kappa shape index (κ1) is 25.8. The summed E-state index contributed by atoms with van der Waals surface area (Å²) in [4.78, 5) is 52.2. The summed E-state index contributed by atoms with van der Waals surface area (Å²) in [6.45, 7) is 4.27. The van der Waals surface area contributed by atoms with Crippen LogP contribution >= 0.6 is 0 Å². The van der Waals surface area contributed by atoms with Crippen molar-refractivity contribution in [2.24, 2.45) is 11.7 Å². The van der Waals surface area contributed by atoms with E-state index in [1.165, 1.54) is 6.92 Å². The van der Waals surface area contributed by atoms with E-state index in [1.807, 2.05) is 24.3 Å². The van der Waals surface area contributed by atoms with Gasteiger partial charge in [0.05, 0.1) is 12.6 Å². The van der Waals surface area contributed by atoms with Crippen molar-refractivity contribution in [3.8, 4) is 0 Å². The number of amides is 3. The number of aromatic nitrogens is 1. The van der Waals surface area contributed by atoms with Gasteiger partial charge in [0.1, 0.15) is 12.1 Å². The summed E-state index contributed by atoms with van der Waals surface area (Å²) in [6, 6.07) is 3.83. The Morgan fingerprint density at radius 3 is 2.21 bits per heavy atom. The van der Waals surface area contributed by atoms with Crippen LogP contribution in [0.15, 0.2) is 30.5 Å². The number of hydrogen-bond acceptors (Lipinski definition) is 6. The number of para-hydroxylation sites is 1. The van der Waals surface area contributed by atoms with E-state index in [9.17, 15) is 29.4 Å². The number of rotatable bonds is 11. The van der Waals surface area contributed by atoms with E-state index in [0.29, 0.717) is 0 Å². The highest BCUT2D eigenvalue weighted by molar-refractivity contribution is 5.94. The quantitative estimate of drug-likeness (QED) is 0.229. The molecule has 8 N–H and O–H groups in total. The monoisotopic (exact) mass is 461 g/mol. The topological polar surface area (TPSA) is 187 Å². The number of aliphatic hydroxyl groups is 1. The van der Waals surface area contributed by atoms with Gasteiger partial charge in [0.2, 0.25) is 17.7 Å². The highest BCUT2D eigenvalue weighted by Gasteiger charge is 2.33. The van der Waals surface area contributed by atoms with Crippen LogP contribution in [0.2, 0.25) is 0 Å². The van der Waals surface area contributed by atoms with Crippen LogP contribution < -0.4 is 21.7 Å². The minimum atomic E-state index is -1.53. The summed E-state index contributed by atoms with van der Waals surface area (Å²) in [5, 5.41) is 27.2. The van der Waals surface area contributed by atoms with Crippen molar-refractivity contribution in [1.29, 1.82) is 0 Å². The summed E-state index contributed by atoms with van der Waals surface area (Å²) < 4.78 is 0. The predicted molar refractivity (Wildman–Crippen MR) is 121 cm³/mol. The average molecular weight is 462 g/mol. The third kappa shape index (κ3) is 6.77. The van der Waals surface area contributed by atoms with Gasteiger partial charge in [0.15, 0.2) is 6.04 Å². The fraction of sp³-hybridized carbons (Fsp3) is 0.455. The van der Waals surface area contributed by atoms with E-state index < -0.39 is 53.8 Å². The molecule has 0 aliphatic carbocycles. The van der Waals surface area contributed by atoms with Crippen molar-refractivity contribution in [2.75, 3.05) is 6.54 Å². The number of benzene rings is 1. The molecule has 2 rings (SSSR count). The van der Waals surface area contributed by atoms with E-state index in [1.54, 1.807) is 20.0 Å². The summed E-state index contributed by atoms with van der Waals surface area (Å²) in [7, 11) is 0. The lowest BCUT2D eigenvalue weighted by Crippen LogP contribution is -2.59. The summed E-state index contributed by atoms with van der Waals surface area (Å²) in [6.07, 6.45) is 0.541. The number of carboxylic acids is 1. The molecule has 2 aromatic rings. The van der Waals surface area contributed by atoms with Gasteiger partial charge in [-0.2, -0.15) is 0 Å². The molecule has 3 amide bonds. The number of aliphatic carboxylic acids is 1. The zero-order valence-corrected chi connectivity index (χ0v) is 18.8. The van der Waals surface area contributed by atoms with Crippen LogP contribution in [0, 0.1) is 5.92 Å². The molecule has 180 valence electrons.